The van der Waals surface area contributed by atoms with Crippen LogP contribution in [0.3, 0.4) is 0 Å². The summed E-state index contributed by atoms with van der Waals surface area (Å²) in [7, 11) is 1.61. The average molecular weight is 400 g/mol. The number of carbonyl (C=O) groups is 3. The molecule has 0 radical (unpaired) electrons. The highest BCUT2D eigenvalue weighted by Crippen LogP contribution is 2.25. The van der Waals surface area contributed by atoms with Crippen LogP contribution in [0.5, 0.6) is 5.75 Å². The number of hydrogen-bond donors (Lipinski definition) is 2. The first kappa shape index (κ1) is 22.2. The fourth-order valence-electron chi connectivity index (χ4n) is 2.72. The van der Waals surface area contributed by atoms with E-state index in [9.17, 15) is 14.4 Å². The molecule has 2 rings (SSSR count). The van der Waals surface area contributed by atoms with Gasteiger partial charge in [0.25, 0.3) is 5.91 Å². The van der Waals surface area contributed by atoms with Gasteiger partial charge in [0.15, 0.2) is 6.61 Å². The Kier molecular flexibility index (Phi) is 8.00. The van der Waals surface area contributed by atoms with Crippen molar-refractivity contribution in [1.29, 1.82) is 0 Å². The number of ether oxygens (including phenoxy) is 2. The second-order valence-electron chi connectivity index (χ2n) is 7.29. The first-order valence-electron chi connectivity index (χ1n) is 9.62. The summed E-state index contributed by atoms with van der Waals surface area (Å²) < 4.78 is 10.3. The van der Waals surface area contributed by atoms with Crippen LogP contribution in [-0.2, 0) is 14.3 Å². The molecule has 7 nitrogen and oxygen atoms in total. The molecule has 0 unspecified atom stereocenters. The SMILES string of the molecule is COc1ccc2cc([C@H](C)C(=O)OCC(=O)NC(=O)NCCC(C)C)ccc2c1. The van der Waals surface area contributed by atoms with Crippen molar-refractivity contribution in [3.63, 3.8) is 0 Å². The normalized spacial score (nSPS) is 11.8. The van der Waals surface area contributed by atoms with Gasteiger partial charge in [0, 0.05) is 6.54 Å². The second kappa shape index (κ2) is 10.5. The third-order valence-electron chi connectivity index (χ3n) is 4.53. The van der Waals surface area contributed by atoms with Gasteiger partial charge in [0.05, 0.1) is 13.0 Å². The number of hydrogen-bond acceptors (Lipinski definition) is 5. The molecular formula is C22H28N2O5. The molecule has 0 aliphatic carbocycles. The molecule has 0 aliphatic rings. The number of amides is 3. The van der Waals surface area contributed by atoms with E-state index in [4.69, 9.17) is 9.47 Å². The number of rotatable bonds is 8. The van der Waals surface area contributed by atoms with E-state index < -0.39 is 30.4 Å². The molecule has 7 heteroatoms. The first-order chi connectivity index (χ1) is 13.8. The Morgan fingerprint density at radius 3 is 2.38 bits per heavy atom. The van der Waals surface area contributed by atoms with Crippen LogP contribution in [0.25, 0.3) is 10.8 Å². The van der Waals surface area contributed by atoms with E-state index in [2.05, 4.69) is 10.6 Å². The molecule has 0 fully saturated rings. The Morgan fingerprint density at radius 2 is 1.69 bits per heavy atom. The Bertz CT molecular complexity index is 879. The quantitative estimate of drug-likeness (QED) is 0.663. The maximum absolute atomic E-state index is 12.3. The number of methoxy groups -OCH3 is 1. The number of nitrogens with one attached hydrogen (secondary N) is 2. The molecular weight excluding hydrogens is 372 g/mol. The molecule has 2 aromatic rings. The van der Waals surface area contributed by atoms with Gasteiger partial charge in [0.2, 0.25) is 0 Å². The molecule has 1 atom stereocenters. The molecule has 0 bridgehead atoms. The van der Waals surface area contributed by atoms with Crippen LogP contribution >= 0.6 is 0 Å². The van der Waals surface area contributed by atoms with E-state index in [1.54, 1.807) is 14.0 Å². The van der Waals surface area contributed by atoms with Gasteiger partial charge in [-0.1, -0.05) is 38.1 Å². The molecule has 2 N–H and O–H groups in total. The third-order valence-corrected chi connectivity index (χ3v) is 4.53. The maximum Gasteiger partial charge on any atom is 0.321 e. The van der Waals surface area contributed by atoms with Gasteiger partial charge in [-0.05, 0) is 47.7 Å². The summed E-state index contributed by atoms with van der Waals surface area (Å²) in [5.74, 6) is -0.539. The number of benzene rings is 2. The van der Waals surface area contributed by atoms with Crippen molar-refractivity contribution in [2.24, 2.45) is 5.92 Å². The van der Waals surface area contributed by atoms with E-state index in [1.807, 2.05) is 50.2 Å². The van der Waals surface area contributed by atoms with Crippen LogP contribution < -0.4 is 15.4 Å². The van der Waals surface area contributed by atoms with Gasteiger partial charge < -0.3 is 14.8 Å². The summed E-state index contributed by atoms with van der Waals surface area (Å²) in [4.78, 5) is 35.7. The number of esters is 1. The zero-order valence-corrected chi connectivity index (χ0v) is 17.3. The number of fused-ring (bicyclic) bond motifs is 1. The maximum atomic E-state index is 12.3. The van der Waals surface area contributed by atoms with Crippen LogP contribution in [0.2, 0.25) is 0 Å². The van der Waals surface area contributed by atoms with Gasteiger partial charge in [-0.15, -0.1) is 0 Å². The van der Waals surface area contributed by atoms with Crippen LogP contribution in [0.1, 0.15) is 38.7 Å². The smallest absolute Gasteiger partial charge is 0.321 e. The minimum Gasteiger partial charge on any atom is -0.497 e. The lowest BCUT2D eigenvalue weighted by molar-refractivity contribution is -0.149. The van der Waals surface area contributed by atoms with Crippen molar-refractivity contribution >= 4 is 28.7 Å². The van der Waals surface area contributed by atoms with Crippen LogP contribution in [-0.4, -0.2) is 38.2 Å². The van der Waals surface area contributed by atoms with E-state index >= 15 is 0 Å². The van der Waals surface area contributed by atoms with Crippen molar-refractivity contribution in [2.45, 2.75) is 33.1 Å². The highest BCUT2D eigenvalue weighted by molar-refractivity contribution is 5.95. The summed E-state index contributed by atoms with van der Waals surface area (Å²) in [5.41, 5.74) is 0.777. The molecule has 0 spiro atoms. The van der Waals surface area contributed by atoms with Crippen molar-refractivity contribution in [3.05, 3.63) is 42.0 Å². The zero-order valence-electron chi connectivity index (χ0n) is 17.3. The fraction of sp³-hybridized carbons (Fsp3) is 0.409. The highest BCUT2D eigenvalue weighted by atomic mass is 16.5. The highest BCUT2D eigenvalue weighted by Gasteiger charge is 2.19. The predicted molar refractivity (Wildman–Crippen MR) is 111 cm³/mol. The lowest BCUT2D eigenvalue weighted by atomic mass is 9.98. The third kappa shape index (κ3) is 6.78. The zero-order chi connectivity index (χ0) is 21.4. The molecule has 0 heterocycles. The van der Waals surface area contributed by atoms with Gasteiger partial charge in [-0.3, -0.25) is 14.9 Å². The summed E-state index contributed by atoms with van der Waals surface area (Å²) in [6.07, 6.45) is 0.812. The van der Waals surface area contributed by atoms with E-state index in [-0.39, 0.29) is 0 Å². The molecule has 0 aliphatic heterocycles. The molecule has 156 valence electrons. The van der Waals surface area contributed by atoms with Crippen molar-refractivity contribution in [1.82, 2.24) is 10.6 Å². The Labute approximate surface area is 170 Å². The van der Waals surface area contributed by atoms with Crippen molar-refractivity contribution < 1.29 is 23.9 Å². The second-order valence-corrected chi connectivity index (χ2v) is 7.29. The average Bonchev–Trinajstić information content (AvgIpc) is 2.70. The lowest BCUT2D eigenvalue weighted by Gasteiger charge is -2.13. The molecule has 0 aromatic heterocycles. The van der Waals surface area contributed by atoms with E-state index in [1.165, 1.54) is 0 Å². The van der Waals surface area contributed by atoms with Gasteiger partial charge >= 0.3 is 12.0 Å². The Hall–Kier alpha value is -3.09. The number of urea groups is 1. The summed E-state index contributed by atoms with van der Waals surface area (Å²) >= 11 is 0. The van der Waals surface area contributed by atoms with Gasteiger partial charge in [-0.2, -0.15) is 0 Å². The van der Waals surface area contributed by atoms with Crippen molar-refractivity contribution in [3.8, 4) is 5.75 Å². The van der Waals surface area contributed by atoms with Crippen LogP contribution in [0.15, 0.2) is 36.4 Å². The van der Waals surface area contributed by atoms with E-state index in [0.29, 0.717) is 12.5 Å². The number of imide groups is 1. The summed E-state index contributed by atoms with van der Waals surface area (Å²) in [6, 6.07) is 10.7. The predicted octanol–water partition coefficient (Wildman–Crippen LogP) is 3.37. The fourth-order valence-corrected chi connectivity index (χ4v) is 2.72. The van der Waals surface area contributed by atoms with Crippen molar-refractivity contribution in [2.75, 3.05) is 20.3 Å². The topological polar surface area (TPSA) is 93.7 Å². The number of carbonyl (C=O) groups excluding carboxylic acids is 3. The minimum absolute atomic E-state index is 0.450. The molecule has 29 heavy (non-hydrogen) atoms. The molecule has 0 saturated carbocycles. The van der Waals surface area contributed by atoms with Gasteiger partial charge in [-0.25, -0.2) is 4.79 Å². The summed E-state index contributed by atoms with van der Waals surface area (Å²) in [5, 5.41) is 6.70. The Balaban J connectivity index is 1.86. The largest absolute Gasteiger partial charge is 0.497 e. The standard InChI is InChI=1S/C22H28N2O5/c1-14(2)9-10-23-22(27)24-20(25)13-29-21(26)15(3)16-5-6-18-12-19(28-4)8-7-17(18)11-16/h5-8,11-12,14-15H,9-10,13H2,1-4H3,(H2,23,24,25,27)/t15-/m0/s1. The van der Waals surface area contributed by atoms with Crippen LogP contribution in [0.4, 0.5) is 4.79 Å². The molecule has 0 saturated heterocycles. The lowest BCUT2D eigenvalue weighted by Crippen LogP contribution is -2.42. The van der Waals surface area contributed by atoms with E-state index in [0.717, 1.165) is 28.5 Å². The first-order valence-corrected chi connectivity index (χ1v) is 9.62. The molecule has 2 aromatic carbocycles. The summed E-state index contributed by atoms with van der Waals surface area (Å²) in [6.45, 7) is 5.76. The Morgan fingerprint density at radius 1 is 1.00 bits per heavy atom. The minimum atomic E-state index is -0.668. The van der Waals surface area contributed by atoms with Gasteiger partial charge in [0.1, 0.15) is 5.75 Å². The monoisotopic (exact) mass is 400 g/mol. The molecule has 3 amide bonds. The van der Waals surface area contributed by atoms with Crippen LogP contribution in [0, 0.1) is 5.92 Å².